The Morgan fingerprint density at radius 1 is 0.477 bits per heavy atom. The van der Waals surface area contributed by atoms with E-state index in [1.165, 1.54) is 18.1 Å². The molecule has 0 amide bonds. The number of nitrogens with zero attached hydrogens (tertiary/aromatic N) is 8. The summed E-state index contributed by atoms with van der Waals surface area (Å²) in [7, 11) is 4.21. The van der Waals surface area contributed by atoms with Gasteiger partial charge in [0, 0.05) is 154 Å². The molecule has 2 aromatic carbocycles. The van der Waals surface area contributed by atoms with Crippen LogP contribution in [0.4, 0.5) is 4.79 Å². The summed E-state index contributed by atoms with van der Waals surface area (Å²) in [4.78, 5) is 95.5. The van der Waals surface area contributed by atoms with Gasteiger partial charge in [-0.2, -0.15) is 0 Å². The number of nitrogens with two attached hydrogens (primary N) is 2. The van der Waals surface area contributed by atoms with Crippen LogP contribution >= 0.6 is 108 Å². The van der Waals surface area contributed by atoms with Crippen molar-refractivity contribution in [3.63, 3.8) is 0 Å². The lowest BCUT2D eigenvalue weighted by Crippen LogP contribution is -2.54. The fourth-order valence-corrected chi connectivity index (χ4v) is 12.8. The fraction of sp³-hybridized carbons (Fsp3) is 0.740. The summed E-state index contributed by atoms with van der Waals surface area (Å²) in [5, 5.41) is 20.5. The maximum atomic E-state index is 12.1. The monoisotopic (exact) mass is 1700 g/mol. The predicted octanol–water partition coefficient (Wildman–Crippen LogP) is 9.96. The standard InChI is InChI=1S/C17H24N2O2.C11H15Cl2N.C11H20N2O2.C10H18N2O2.C9H16N2O2.C6H11NO2.C4H7NO2.C3H4Cl2O2.2CH4.5ClH/c1-2-21-16(20)17(8-9-17)19-12-10-18(11-13-19)14-15-6-4-3-5-7-15;12-6-8-14(9-7-13)10-11-4-2-1-3-5-11;1-3-15-10(14)11(4-5-11)13-8-6-12(2)7-9-13;1-2-14-9(13)10(3-4-10)12-7-5-11-6-8-12;1-10-4-6-11(7-5-10)9(2-3-9)8(12)13;1-2-9-5(8)6(7)3-4-6;5-4(1-2-4)3(6)7;1-2(4)7-3(5)6;;;;;;;/h3-7H,2,8-14H2,1H3;1-5H,6-10H2;3-9H2,1-2H3;11H,2-8H2,1H3;2-7H2,1H3,(H,12,13);2-4,7H2,1H3;1-2,5H2,(H,6,7);2H,1H3;2*1H4;5*1H. The van der Waals surface area contributed by atoms with Crippen molar-refractivity contribution < 1.29 is 67.5 Å². The molecule has 1 unspecified atom stereocenters. The first-order chi connectivity index (χ1) is 47.7. The largest absolute Gasteiger partial charge is 0.480 e. The van der Waals surface area contributed by atoms with Crippen molar-refractivity contribution in [2.75, 3.05) is 170 Å². The highest BCUT2D eigenvalue weighted by molar-refractivity contribution is 6.61. The minimum Gasteiger partial charge on any atom is -0.480 e. The lowest BCUT2D eigenvalue weighted by atomic mass is 10.1. The van der Waals surface area contributed by atoms with Crippen LogP contribution in [0.15, 0.2) is 60.7 Å². The third kappa shape index (κ3) is 35.9. The van der Waals surface area contributed by atoms with Crippen molar-refractivity contribution in [3.05, 3.63) is 71.8 Å². The summed E-state index contributed by atoms with van der Waals surface area (Å²) >= 11 is 21.3. The molecule has 10 aliphatic rings. The molecular weight excluding hydrogens is 1570 g/mol. The van der Waals surface area contributed by atoms with Crippen LogP contribution in [0.3, 0.4) is 0 Å². The van der Waals surface area contributed by atoms with Gasteiger partial charge in [0.05, 0.1) is 26.4 Å². The summed E-state index contributed by atoms with van der Waals surface area (Å²) in [6, 6.07) is 20.9. The number of benzene rings is 2. The Kier molecular flexibility index (Phi) is 54.4. The first kappa shape index (κ1) is 108. The van der Waals surface area contributed by atoms with Gasteiger partial charge in [-0.15, -0.1) is 85.2 Å². The number of carbonyl (C=O) groups is 7. The molecule has 6 saturated carbocycles. The van der Waals surface area contributed by atoms with Crippen LogP contribution < -0.4 is 16.8 Å². The van der Waals surface area contributed by atoms with Gasteiger partial charge in [-0.05, 0) is 137 Å². The number of aliphatic carboxylic acids is 2. The van der Waals surface area contributed by atoms with Crippen molar-refractivity contribution in [1.29, 1.82) is 0 Å². The average Bonchev–Trinajstić information content (AvgIpc) is 1.62. The Morgan fingerprint density at radius 3 is 1.07 bits per heavy atom. The van der Waals surface area contributed by atoms with Gasteiger partial charge in [-0.1, -0.05) is 87.1 Å². The number of carboxylic acid groups (broad SMARTS) is 2. The van der Waals surface area contributed by atoms with E-state index in [4.69, 9.17) is 87.0 Å². The van der Waals surface area contributed by atoms with Gasteiger partial charge in [-0.3, -0.25) is 58.2 Å². The van der Waals surface area contributed by atoms with E-state index in [-0.39, 0.29) is 117 Å². The van der Waals surface area contributed by atoms with E-state index in [1.54, 1.807) is 6.92 Å². The van der Waals surface area contributed by atoms with E-state index >= 15 is 0 Å². The first-order valence-corrected chi connectivity index (χ1v) is 37.6. The molecule has 12 rings (SSSR count). The van der Waals surface area contributed by atoms with E-state index in [0.717, 1.165) is 195 Å². The summed E-state index contributed by atoms with van der Waals surface area (Å²) in [5.41, 5.74) is 9.19. The number of likely N-dealkylation sites (N-methyl/N-ethyl adjacent to an activating group) is 2. The lowest BCUT2D eigenvalue weighted by molar-refractivity contribution is -0.153. The van der Waals surface area contributed by atoms with Gasteiger partial charge in [-0.25, -0.2) is 4.79 Å². The number of esters is 4. The van der Waals surface area contributed by atoms with Crippen molar-refractivity contribution in [2.24, 2.45) is 11.5 Å². The SMILES string of the molecule is C.C.CC(Cl)OC(=O)Cl.CCOC(=O)C1(N)CC1.CCOC(=O)C1(N2CCN(C)CC2)CC1.CCOC(=O)C1(N2CCN(Cc3ccccc3)CC2)CC1.CCOC(=O)C1(N2CCNCC2)CC1.CN1CCN(C2(C(=O)O)CC2)CC1.Cl.Cl.Cl.Cl.Cl.ClCCN(CCCl)Cc1ccccc1.NC1(C(=O)O)CC1. The molecule has 4 saturated heterocycles. The van der Waals surface area contributed by atoms with Gasteiger partial charge in [0.2, 0.25) is 0 Å². The van der Waals surface area contributed by atoms with Crippen molar-refractivity contribution in [3.8, 4) is 0 Å². The molecule has 0 aromatic heterocycles. The molecule has 6 aliphatic carbocycles. The predicted molar refractivity (Wildman–Crippen MR) is 438 cm³/mol. The molecule has 7 N–H and O–H groups in total. The minimum atomic E-state index is -0.873. The van der Waals surface area contributed by atoms with Crippen LogP contribution in [0.5, 0.6) is 0 Å². The van der Waals surface area contributed by atoms with Crippen LogP contribution in [-0.4, -0.2) is 300 Å². The quantitative estimate of drug-likeness (QED) is 0.0299. The zero-order valence-electron chi connectivity index (χ0n) is 62.3. The van der Waals surface area contributed by atoms with E-state index in [1.807, 2.05) is 26.8 Å². The molecule has 25 nitrogen and oxygen atoms in total. The average molecular weight is 1700 g/mol. The summed E-state index contributed by atoms with van der Waals surface area (Å²) < 4.78 is 24.4. The van der Waals surface area contributed by atoms with Gasteiger partial charge in [0.15, 0.2) is 5.56 Å². The maximum Gasteiger partial charge on any atom is 0.405 e. The number of carboxylic acids is 2. The number of piperazine rings is 4. The van der Waals surface area contributed by atoms with E-state index < -0.39 is 39.5 Å². The highest BCUT2D eigenvalue weighted by atomic mass is 35.5. The summed E-state index contributed by atoms with van der Waals surface area (Å²) in [6.45, 7) is 30.3. The number of hydrogen-bond donors (Lipinski definition) is 5. The van der Waals surface area contributed by atoms with Crippen LogP contribution in [0, 0.1) is 0 Å². The van der Waals surface area contributed by atoms with Gasteiger partial charge in [0.1, 0.15) is 33.2 Å². The Bertz CT molecular complexity index is 2800. The summed E-state index contributed by atoms with van der Waals surface area (Å²) in [6.07, 6.45) is 10.4. The second-order valence-corrected chi connectivity index (χ2v) is 28.7. The highest BCUT2D eigenvalue weighted by Gasteiger charge is 2.59. The fourth-order valence-electron chi connectivity index (χ4n) is 12.1. The van der Waals surface area contributed by atoms with Crippen molar-refractivity contribution >= 4 is 150 Å². The van der Waals surface area contributed by atoms with Crippen LogP contribution in [0.1, 0.15) is 138 Å². The van der Waals surface area contributed by atoms with Crippen molar-refractivity contribution in [2.45, 2.75) is 178 Å². The Labute approximate surface area is 688 Å². The third-order valence-corrected chi connectivity index (χ3v) is 19.9. The molecule has 2 aromatic rings. The number of alkyl halides is 3. The second kappa shape index (κ2) is 53.8. The smallest absolute Gasteiger partial charge is 0.405 e. The molecular formula is C73H128Cl9N11O14. The molecule has 4 aliphatic heterocycles. The molecule has 4 heterocycles. The number of ether oxygens (including phenoxy) is 5. The highest BCUT2D eigenvalue weighted by Crippen LogP contribution is 2.46. The topological polar surface area (TPSA) is 296 Å². The Hall–Kier alpha value is -3.10. The Morgan fingerprint density at radius 2 is 0.794 bits per heavy atom. The zero-order valence-corrected chi connectivity index (χ0v) is 69.4. The molecule has 0 spiro atoms. The third-order valence-electron chi connectivity index (χ3n) is 19.4. The van der Waals surface area contributed by atoms with Crippen LogP contribution in [0.2, 0.25) is 0 Å². The molecule has 34 heteroatoms. The number of hydrogen-bond acceptors (Lipinski definition) is 23. The molecule has 10 fully saturated rings. The van der Waals surface area contributed by atoms with Gasteiger partial charge < -0.3 is 60.5 Å². The van der Waals surface area contributed by atoms with E-state index in [2.05, 4.69) is 118 Å². The van der Waals surface area contributed by atoms with Crippen LogP contribution in [-0.2, 0) is 65.5 Å². The maximum absolute atomic E-state index is 12.1. The number of rotatable bonds is 23. The van der Waals surface area contributed by atoms with E-state index in [9.17, 15) is 33.6 Å². The minimum absolute atomic E-state index is 0. The molecule has 107 heavy (non-hydrogen) atoms. The molecule has 0 bridgehead atoms. The zero-order chi connectivity index (χ0) is 73.6. The van der Waals surface area contributed by atoms with Crippen LogP contribution in [0.25, 0.3) is 0 Å². The molecule has 1 atom stereocenters. The van der Waals surface area contributed by atoms with Gasteiger partial charge in [0.25, 0.3) is 0 Å². The normalized spacial score (nSPS) is 20.5. The number of nitrogens with one attached hydrogen (secondary N) is 1. The first-order valence-electron chi connectivity index (χ1n) is 35.7. The molecule has 0 radical (unpaired) electrons. The lowest BCUT2D eigenvalue weighted by Gasteiger charge is -2.38. The van der Waals surface area contributed by atoms with Crippen molar-refractivity contribution in [1.82, 2.24) is 44.5 Å². The molecule has 622 valence electrons. The summed E-state index contributed by atoms with van der Waals surface area (Å²) in [5.74, 6) is -0.458. The second-order valence-electron chi connectivity index (χ2n) is 27.0. The number of carbonyl (C=O) groups excluding carboxylic acids is 5. The Balaban J connectivity index is -0.00000117. The van der Waals surface area contributed by atoms with Gasteiger partial charge >= 0.3 is 41.2 Å². The number of halogens is 9. The van der Waals surface area contributed by atoms with E-state index in [0.29, 0.717) is 51.0 Å².